The fraction of sp³-hybridized carbons (Fsp3) is 0.143. The number of fused-ring (bicyclic) bond motifs is 1. The van der Waals surface area contributed by atoms with Crippen LogP contribution in [-0.2, 0) is 5.88 Å². The third kappa shape index (κ3) is 1.87. The second kappa shape index (κ2) is 4.42. The van der Waals surface area contributed by atoms with Crippen molar-refractivity contribution in [2.75, 3.05) is 0 Å². The van der Waals surface area contributed by atoms with Crippen LogP contribution in [0.5, 0.6) is 0 Å². The van der Waals surface area contributed by atoms with Crippen molar-refractivity contribution >= 4 is 22.5 Å². The zero-order valence-electron chi connectivity index (χ0n) is 9.97. The highest BCUT2D eigenvalue weighted by atomic mass is 35.5. The van der Waals surface area contributed by atoms with Gasteiger partial charge in [0.05, 0.1) is 22.8 Å². The molecule has 18 heavy (non-hydrogen) atoms. The Morgan fingerprint density at radius 1 is 1.17 bits per heavy atom. The van der Waals surface area contributed by atoms with Gasteiger partial charge in [-0.2, -0.15) is 5.10 Å². The lowest BCUT2D eigenvalue weighted by Crippen LogP contribution is -1.98. The molecular formula is C14H12ClN3. The molecule has 3 nitrogen and oxygen atoms in total. The van der Waals surface area contributed by atoms with Gasteiger partial charge in [-0.25, -0.2) is 4.68 Å². The van der Waals surface area contributed by atoms with Crippen LogP contribution < -0.4 is 0 Å². The molecule has 0 bridgehead atoms. The van der Waals surface area contributed by atoms with Crippen LogP contribution in [0.4, 0.5) is 0 Å². The molecule has 3 aromatic rings. The van der Waals surface area contributed by atoms with Gasteiger partial charge >= 0.3 is 0 Å². The van der Waals surface area contributed by atoms with E-state index < -0.39 is 0 Å². The smallest absolute Gasteiger partial charge is 0.0962 e. The van der Waals surface area contributed by atoms with Gasteiger partial charge in [0, 0.05) is 17.3 Å². The molecule has 0 saturated heterocycles. The van der Waals surface area contributed by atoms with Crippen molar-refractivity contribution in [2.45, 2.75) is 12.8 Å². The number of hydrogen-bond donors (Lipinski definition) is 0. The van der Waals surface area contributed by atoms with Gasteiger partial charge in [-0.05, 0) is 25.1 Å². The molecule has 0 fully saturated rings. The molecule has 0 N–H and O–H groups in total. The molecule has 4 heteroatoms. The van der Waals surface area contributed by atoms with Crippen molar-refractivity contribution in [2.24, 2.45) is 0 Å². The Kier molecular flexibility index (Phi) is 2.76. The van der Waals surface area contributed by atoms with Crippen LogP contribution in [0.2, 0.25) is 0 Å². The van der Waals surface area contributed by atoms with Crippen LogP contribution in [-0.4, -0.2) is 14.8 Å². The van der Waals surface area contributed by atoms with Crippen LogP contribution in [0.1, 0.15) is 11.4 Å². The molecule has 0 spiro atoms. The Bertz CT molecular complexity index is 703. The van der Waals surface area contributed by atoms with Gasteiger partial charge in [0.2, 0.25) is 0 Å². The molecule has 0 aliphatic rings. The summed E-state index contributed by atoms with van der Waals surface area (Å²) in [7, 11) is 0. The van der Waals surface area contributed by atoms with Crippen molar-refractivity contribution in [3.8, 4) is 5.69 Å². The predicted octanol–water partition coefficient (Wildman–Crippen LogP) is 3.47. The number of pyridine rings is 1. The Balaban J connectivity index is 2.24. The molecular weight excluding hydrogens is 246 g/mol. The standard InChI is InChI=1S/C14H12ClN3/c1-10-5-6-11-3-2-4-13(14(11)16-10)18-8-7-12(9-15)17-18/h2-8H,9H2,1H3. The highest BCUT2D eigenvalue weighted by Gasteiger charge is 2.06. The van der Waals surface area contributed by atoms with Gasteiger partial charge in [-0.1, -0.05) is 18.2 Å². The minimum Gasteiger partial charge on any atom is -0.251 e. The fourth-order valence-corrected chi connectivity index (χ4v) is 2.12. The number of halogens is 1. The molecule has 0 unspecified atom stereocenters. The van der Waals surface area contributed by atoms with E-state index >= 15 is 0 Å². The quantitative estimate of drug-likeness (QED) is 0.658. The van der Waals surface area contributed by atoms with Gasteiger partial charge in [0.1, 0.15) is 0 Å². The predicted molar refractivity (Wildman–Crippen MR) is 73.2 cm³/mol. The minimum atomic E-state index is 0.421. The summed E-state index contributed by atoms with van der Waals surface area (Å²) in [6, 6.07) is 12.1. The van der Waals surface area contributed by atoms with Crippen LogP contribution in [0.15, 0.2) is 42.6 Å². The first-order chi connectivity index (χ1) is 8.78. The zero-order chi connectivity index (χ0) is 12.5. The largest absolute Gasteiger partial charge is 0.251 e. The molecule has 0 aliphatic carbocycles. The Labute approximate surface area is 110 Å². The summed E-state index contributed by atoms with van der Waals surface area (Å²) < 4.78 is 1.83. The summed E-state index contributed by atoms with van der Waals surface area (Å²) in [5.41, 5.74) is 3.80. The fourth-order valence-electron chi connectivity index (χ4n) is 1.98. The third-order valence-electron chi connectivity index (χ3n) is 2.87. The van der Waals surface area contributed by atoms with Crippen molar-refractivity contribution in [1.29, 1.82) is 0 Å². The highest BCUT2D eigenvalue weighted by molar-refractivity contribution is 6.16. The maximum atomic E-state index is 5.78. The first-order valence-corrected chi connectivity index (χ1v) is 6.28. The molecule has 1 aromatic carbocycles. The first kappa shape index (κ1) is 11.2. The van der Waals surface area contributed by atoms with Gasteiger partial charge in [-0.15, -0.1) is 11.6 Å². The zero-order valence-corrected chi connectivity index (χ0v) is 10.7. The second-order valence-electron chi connectivity index (χ2n) is 4.19. The monoisotopic (exact) mass is 257 g/mol. The highest BCUT2D eigenvalue weighted by Crippen LogP contribution is 2.20. The van der Waals surface area contributed by atoms with Crippen molar-refractivity contribution in [3.63, 3.8) is 0 Å². The lowest BCUT2D eigenvalue weighted by Gasteiger charge is -2.06. The SMILES string of the molecule is Cc1ccc2cccc(-n3ccc(CCl)n3)c2n1. The van der Waals surface area contributed by atoms with E-state index in [0.29, 0.717) is 5.88 Å². The molecule has 3 rings (SSSR count). The number of aromatic nitrogens is 3. The average molecular weight is 258 g/mol. The van der Waals surface area contributed by atoms with Gasteiger partial charge in [0.25, 0.3) is 0 Å². The summed E-state index contributed by atoms with van der Waals surface area (Å²) in [4.78, 5) is 4.59. The summed E-state index contributed by atoms with van der Waals surface area (Å²) in [6.07, 6.45) is 1.91. The maximum absolute atomic E-state index is 5.78. The number of para-hydroxylation sites is 1. The number of hydrogen-bond acceptors (Lipinski definition) is 2. The van der Waals surface area contributed by atoms with Gasteiger partial charge in [-0.3, -0.25) is 4.98 Å². The summed E-state index contributed by atoms with van der Waals surface area (Å²) in [5.74, 6) is 0.421. The second-order valence-corrected chi connectivity index (χ2v) is 4.45. The van der Waals surface area contributed by atoms with Crippen LogP contribution in [0.25, 0.3) is 16.6 Å². The van der Waals surface area contributed by atoms with E-state index in [4.69, 9.17) is 11.6 Å². The van der Waals surface area contributed by atoms with Crippen molar-refractivity contribution in [1.82, 2.24) is 14.8 Å². The van der Waals surface area contributed by atoms with Crippen molar-refractivity contribution < 1.29 is 0 Å². The average Bonchev–Trinajstić information content (AvgIpc) is 2.86. The maximum Gasteiger partial charge on any atom is 0.0962 e. The summed E-state index contributed by atoms with van der Waals surface area (Å²) >= 11 is 5.78. The molecule has 0 atom stereocenters. The van der Waals surface area contributed by atoms with E-state index in [0.717, 1.165) is 28.0 Å². The number of aryl methyl sites for hydroxylation is 1. The third-order valence-corrected chi connectivity index (χ3v) is 3.14. The molecule has 0 amide bonds. The van der Waals surface area contributed by atoms with E-state index in [1.807, 2.05) is 42.1 Å². The molecule has 2 aromatic heterocycles. The van der Waals surface area contributed by atoms with Crippen LogP contribution in [0, 0.1) is 6.92 Å². The summed E-state index contributed by atoms with van der Waals surface area (Å²) in [6.45, 7) is 1.99. The lowest BCUT2D eigenvalue weighted by molar-refractivity contribution is 0.862. The molecule has 0 saturated carbocycles. The van der Waals surface area contributed by atoms with Crippen molar-refractivity contribution in [3.05, 3.63) is 54.0 Å². The first-order valence-electron chi connectivity index (χ1n) is 5.75. The Morgan fingerprint density at radius 2 is 2.06 bits per heavy atom. The number of benzene rings is 1. The van der Waals surface area contributed by atoms with Gasteiger partial charge in [0.15, 0.2) is 0 Å². The lowest BCUT2D eigenvalue weighted by atomic mass is 10.2. The van der Waals surface area contributed by atoms with E-state index in [-0.39, 0.29) is 0 Å². The molecule has 90 valence electrons. The van der Waals surface area contributed by atoms with E-state index in [1.54, 1.807) is 0 Å². The van der Waals surface area contributed by atoms with Crippen LogP contribution in [0.3, 0.4) is 0 Å². The molecule has 2 heterocycles. The molecule has 0 radical (unpaired) electrons. The van der Waals surface area contributed by atoms with E-state index in [1.165, 1.54) is 0 Å². The number of alkyl halides is 1. The topological polar surface area (TPSA) is 30.7 Å². The number of rotatable bonds is 2. The minimum absolute atomic E-state index is 0.421. The van der Waals surface area contributed by atoms with E-state index in [9.17, 15) is 0 Å². The van der Waals surface area contributed by atoms with Gasteiger partial charge < -0.3 is 0 Å². The number of nitrogens with zero attached hydrogens (tertiary/aromatic N) is 3. The summed E-state index contributed by atoms with van der Waals surface area (Å²) in [5, 5.41) is 5.54. The van der Waals surface area contributed by atoms with Crippen LogP contribution >= 0.6 is 11.6 Å². The normalized spacial score (nSPS) is 11.0. The Morgan fingerprint density at radius 3 is 2.83 bits per heavy atom. The Hall–Kier alpha value is -1.87. The molecule has 0 aliphatic heterocycles. The van der Waals surface area contributed by atoms with E-state index in [2.05, 4.69) is 22.2 Å².